The summed E-state index contributed by atoms with van der Waals surface area (Å²) in [5.74, 6) is -0.179. The van der Waals surface area contributed by atoms with Crippen LogP contribution in [0.15, 0.2) is 0 Å². The van der Waals surface area contributed by atoms with Crippen molar-refractivity contribution in [3.8, 4) is 12.0 Å². The molecule has 0 aromatic carbocycles. The minimum atomic E-state index is -0.277. The van der Waals surface area contributed by atoms with Crippen LogP contribution in [0.4, 0.5) is 5.95 Å². The van der Waals surface area contributed by atoms with Gasteiger partial charge in [0.2, 0.25) is 11.9 Å². The van der Waals surface area contributed by atoms with E-state index in [-0.39, 0.29) is 23.9 Å². The molecule has 0 atom stereocenters. The predicted octanol–water partition coefficient (Wildman–Crippen LogP) is -0.153. The lowest BCUT2D eigenvalue weighted by atomic mass is 10.7. The molecule has 1 aromatic rings. The molecule has 14 heavy (non-hydrogen) atoms. The Balaban J connectivity index is 2.98. The second kappa shape index (κ2) is 4.35. The van der Waals surface area contributed by atoms with Crippen LogP contribution in [0.3, 0.4) is 0 Å². The third-order valence-corrected chi connectivity index (χ3v) is 1.25. The van der Waals surface area contributed by atoms with Gasteiger partial charge in [-0.15, -0.1) is 4.98 Å². The molecule has 7 heteroatoms. The molecule has 0 aliphatic heterocycles. The summed E-state index contributed by atoms with van der Waals surface area (Å²) in [4.78, 5) is 22.0. The summed E-state index contributed by atoms with van der Waals surface area (Å²) in [6.45, 7) is 1.35. The molecule has 1 N–H and O–H groups in total. The van der Waals surface area contributed by atoms with E-state index in [4.69, 9.17) is 9.47 Å². The number of anilines is 1. The molecule has 0 radical (unpaired) electrons. The van der Waals surface area contributed by atoms with Gasteiger partial charge in [-0.3, -0.25) is 10.1 Å². The topological polar surface area (TPSA) is 86.2 Å². The van der Waals surface area contributed by atoms with Gasteiger partial charge in [0, 0.05) is 6.92 Å². The highest BCUT2D eigenvalue weighted by molar-refractivity contribution is 5.86. The SMILES string of the molecule is COc1nc(NC(C)=O)nc(OC)n1. The van der Waals surface area contributed by atoms with E-state index in [1.165, 1.54) is 21.1 Å². The van der Waals surface area contributed by atoms with Crippen LogP contribution in [-0.4, -0.2) is 35.1 Å². The van der Waals surface area contributed by atoms with Crippen LogP contribution in [-0.2, 0) is 4.79 Å². The summed E-state index contributed by atoms with van der Waals surface area (Å²) in [5.41, 5.74) is 0. The number of hydrogen-bond donors (Lipinski definition) is 1. The summed E-state index contributed by atoms with van der Waals surface area (Å²) in [7, 11) is 2.82. The van der Waals surface area contributed by atoms with Crippen LogP contribution in [0.2, 0.25) is 0 Å². The van der Waals surface area contributed by atoms with Crippen molar-refractivity contribution in [2.45, 2.75) is 6.92 Å². The predicted molar refractivity (Wildman–Crippen MR) is 47.2 cm³/mol. The standard InChI is InChI=1S/C7H10N4O3/c1-4(12)8-5-9-6(13-2)11-7(10-5)14-3/h1-3H3,(H,8,9,10,11,12). The van der Waals surface area contributed by atoms with Gasteiger partial charge < -0.3 is 9.47 Å². The van der Waals surface area contributed by atoms with Crippen LogP contribution < -0.4 is 14.8 Å². The highest BCUT2D eigenvalue weighted by Gasteiger charge is 2.07. The number of amides is 1. The van der Waals surface area contributed by atoms with Crippen LogP contribution in [0.5, 0.6) is 12.0 Å². The Morgan fingerprint density at radius 1 is 1.14 bits per heavy atom. The van der Waals surface area contributed by atoms with E-state index < -0.39 is 0 Å². The third kappa shape index (κ3) is 2.54. The summed E-state index contributed by atoms with van der Waals surface area (Å²) in [6, 6.07) is 0.168. The van der Waals surface area contributed by atoms with E-state index >= 15 is 0 Å². The van der Waals surface area contributed by atoms with Crippen molar-refractivity contribution >= 4 is 11.9 Å². The van der Waals surface area contributed by atoms with E-state index in [2.05, 4.69) is 20.3 Å². The minimum Gasteiger partial charge on any atom is -0.467 e. The van der Waals surface area contributed by atoms with Crippen molar-refractivity contribution in [1.82, 2.24) is 15.0 Å². The average Bonchev–Trinajstić information content (AvgIpc) is 2.16. The van der Waals surface area contributed by atoms with Gasteiger partial charge in [0.15, 0.2) is 0 Å². The van der Waals surface area contributed by atoms with E-state index in [1.807, 2.05) is 0 Å². The Hall–Kier alpha value is -1.92. The second-order valence-corrected chi connectivity index (χ2v) is 2.31. The molecule has 1 heterocycles. The molecule has 1 amide bonds. The van der Waals surface area contributed by atoms with Crippen molar-refractivity contribution in [1.29, 1.82) is 0 Å². The Morgan fingerprint density at radius 3 is 2.00 bits per heavy atom. The molecule has 1 rings (SSSR count). The molecule has 0 fully saturated rings. The Labute approximate surface area is 80.5 Å². The smallest absolute Gasteiger partial charge is 0.324 e. The van der Waals surface area contributed by atoms with Crippen molar-refractivity contribution in [3.05, 3.63) is 0 Å². The maximum absolute atomic E-state index is 10.7. The molecule has 0 aliphatic carbocycles. The minimum absolute atomic E-state index is 0.0839. The maximum atomic E-state index is 10.7. The molecule has 1 aromatic heterocycles. The van der Waals surface area contributed by atoms with E-state index in [9.17, 15) is 4.79 Å². The summed E-state index contributed by atoms with van der Waals surface area (Å²) >= 11 is 0. The Kier molecular flexibility index (Phi) is 3.16. The first-order valence-electron chi connectivity index (χ1n) is 3.77. The van der Waals surface area contributed by atoms with Gasteiger partial charge in [0.05, 0.1) is 14.2 Å². The second-order valence-electron chi connectivity index (χ2n) is 2.31. The fourth-order valence-electron chi connectivity index (χ4n) is 0.734. The molecule has 0 spiro atoms. The molecule has 7 nitrogen and oxygen atoms in total. The van der Waals surface area contributed by atoms with Gasteiger partial charge in [-0.1, -0.05) is 0 Å². The highest BCUT2D eigenvalue weighted by atomic mass is 16.5. The van der Waals surface area contributed by atoms with Crippen LogP contribution in [0, 0.1) is 0 Å². The molecule has 0 unspecified atom stereocenters. The highest BCUT2D eigenvalue weighted by Crippen LogP contribution is 2.11. The number of rotatable bonds is 3. The number of nitrogens with zero attached hydrogens (tertiary/aromatic N) is 3. The van der Waals surface area contributed by atoms with Crippen molar-refractivity contribution in [3.63, 3.8) is 0 Å². The van der Waals surface area contributed by atoms with Crippen LogP contribution in [0.25, 0.3) is 0 Å². The van der Waals surface area contributed by atoms with Crippen LogP contribution >= 0.6 is 0 Å². The molecule has 0 saturated heterocycles. The zero-order chi connectivity index (χ0) is 10.6. The normalized spacial score (nSPS) is 9.36. The maximum Gasteiger partial charge on any atom is 0.324 e. The summed E-state index contributed by atoms with van der Waals surface area (Å²) in [5, 5.41) is 2.39. The number of nitrogens with one attached hydrogen (secondary N) is 1. The average molecular weight is 198 g/mol. The van der Waals surface area contributed by atoms with E-state index in [0.29, 0.717) is 0 Å². The fourth-order valence-corrected chi connectivity index (χ4v) is 0.734. The van der Waals surface area contributed by atoms with Gasteiger partial charge in [0.25, 0.3) is 0 Å². The van der Waals surface area contributed by atoms with E-state index in [0.717, 1.165) is 0 Å². The number of aromatic nitrogens is 3. The summed E-state index contributed by atoms with van der Waals surface area (Å²) < 4.78 is 9.57. The monoisotopic (exact) mass is 198 g/mol. The van der Waals surface area contributed by atoms with E-state index in [1.54, 1.807) is 0 Å². The lowest BCUT2D eigenvalue weighted by molar-refractivity contribution is -0.114. The lowest BCUT2D eigenvalue weighted by Crippen LogP contribution is -2.11. The first kappa shape index (κ1) is 10.2. The first-order chi connectivity index (χ1) is 6.65. The Bertz CT molecular complexity index is 319. The zero-order valence-electron chi connectivity index (χ0n) is 8.07. The first-order valence-corrected chi connectivity index (χ1v) is 3.77. The number of methoxy groups -OCH3 is 2. The Morgan fingerprint density at radius 2 is 1.64 bits per heavy atom. The van der Waals surface area contributed by atoms with Crippen molar-refractivity contribution in [2.24, 2.45) is 0 Å². The molecule has 0 aliphatic rings. The molecule has 76 valence electrons. The molecular weight excluding hydrogens is 188 g/mol. The van der Waals surface area contributed by atoms with Gasteiger partial charge in [0.1, 0.15) is 0 Å². The van der Waals surface area contributed by atoms with Gasteiger partial charge in [-0.2, -0.15) is 9.97 Å². The third-order valence-electron chi connectivity index (χ3n) is 1.25. The number of carbonyl (C=O) groups is 1. The van der Waals surface area contributed by atoms with Gasteiger partial charge >= 0.3 is 12.0 Å². The summed E-state index contributed by atoms with van der Waals surface area (Å²) in [6.07, 6.45) is 0. The van der Waals surface area contributed by atoms with Crippen molar-refractivity contribution in [2.75, 3.05) is 19.5 Å². The number of carbonyl (C=O) groups excluding carboxylic acids is 1. The molecule has 0 bridgehead atoms. The molecular formula is C7H10N4O3. The zero-order valence-corrected chi connectivity index (χ0v) is 8.07. The fraction of sp³-hybridized carbons (Fsp3) is 0.429. The lowest BCUT2D eigenvalue weighted by Gasteiger charge is -2.04. The molecule has 0 saturated carbocycles. The quantitative estimate of drug-likeness (QED) is 0.726. The largest absolute Gasteiger partial charge is 0.467 e. The van der Waals surface area contributed by atoms with Crippen LogP contribution in [0.1, 0.15) is 6.92 Å². The van der Waals surface area contributed by atoms with Crippen molar-refractivity contribution < 1.29 is 14.3 Å². The number of ether oxygens (including phenoxy) is 2. The number of hydrogen-bond acceptors (Lipinski definition) is 6. The van der Waals surface area contributed by atoms with Gasteiger partial charge in [-0.05, 0) is 0 Å². The van der Waals surface area contributed by atoms with Gasteiger partial charge in [-0.25, -0.2) is 0 Å².